The maximum Gasteiger partial charge on any atom is 0.212 e. The fraction of sp³-hybridized carbons (Fsp3) is 0.227. The van der Waals surface area contributed by atoms with E-state index in [0.29, 0.717) is 46.8 Å². The van der Waals surface area contributed by atoms with Crippen molar-refractivity contribution < 1.29 is 18.9 Å². The molecule has 0 saturated carbocycles. The molecule has 1 aliphatic heterocycles. The van der Waals surface area contributed by atoms with Gasteiger partial charge in [0.1, 0.15) is 6.61 Å². The number of imidazole rings is 1. The molecule has 3 aromatic heterocycles. The van der Waals surface area contributed by atoms with Crippen LogP contribution in [-0.4, -0.2) is 40.4 Å². The van der Waals surface area contributed by atoms with E-state index in [2.05, 4.69) is 15.1 Å². The van der Waals surface area contributed by atoms with E-state index in [1.807, 2.05) is 18.2 Å². The number of hydrogen-bond acceptors (Lipinski definition) is 7. The minimum Gasteiger partial charge on any atom is -0.493 e. The summed E-state index contributed by atoms with van der Waals surface area (Å²) in [6.07, 6.45) is 5.41. The van der Waals surface area contributed by atoms with Crippen LogP contribution >= 0.6 is 11.6 Å². The van der Waals surface area contributed by atoms with Crippen molar-refractivity contribution in [2.45, 2.75) is 12.5 Å². The van der Waals surface area contributed by atoms with Crippen LogP contribution in [0.25, 0.3) is 5.65 Å². The van der Waals surface area contributed by atoms with E-state index in [9.17, 15) is 0 Å². The van der Waals surface area contributed by atoms with Crippen molar-refractivity contribution in [3.63, 3.8) is 0 Å². The predicted molar refractivity (Wildman–Crippen MR) is 113 cm³/mol. The normalized spacial score (nSPS) is 15.1. The molecule has 1 aromatic carbocycles. The molecule has 1 aliphatic rings. The first kappa shape index (κ1) is 19.4. The van der Waals surface area contributed by atoms with Crippen molar-refractivity contribution >= 4 is 17.2 Å². The molecule has 0 radical (unpaired) electrons. The van der Waals surface area contributed by atoms with Gasteiger partial charge in [-0.1, -0.05) is 11.6 Å². The fourth-order valence-electron chi connectivity index (χ4n) is 3.55. The smallest absolute Gasteiger partial charge is 0.212 e. The van der Waals surface area contributed by atoms with Gasteiger partial charge in [-0.25, -0.2) is 14.5 Å². The first-order chi connectivity index (χ1) is 15.1. The monoisotopic (exact) mass is 438 g/mol. The van der Waals surface area contributed by atoms with E-state index in [1.54, 1.807) is 49.5 Å². The molecule has 5 rings (SSSR count). The molecule has 9 heteroatoms. The number of nitrogens with zero attached hydrogens (tertiary/aromatic N) is 4. The number of hydrogen-bond donors (Lipinski definition) is 0. The van der Waals surface area contributed by atoms with Crippen LogP contribution < -0.4 is 18.9 Å². The van der Waals surface area contributed by atoms with E-state index >= 15 is 0 Å². The molecule has 0 saturated heterocycles. The topological polar surface area (TPSA) is 80.0 Å². The van der Waals surface area contributed by atoms with Crippen molar-refractivity contribution in [1.82, 2.24) is 19.6 Å². The van der Waals surface area contributed by atoms with Gasteiger partial charge in [-0.3, -0.25) is 0 Å². The summed E-state index contributed by atoms with van der Waals surface area (Å²) in [5.74, 6) is 2.36. The molecular formula is C22H19ClN4O4. The van der Waals surface area contributed by atoms with E-state index in [1.165, 1.54) is 0 Å². The summed E-state index contributed by atoms with van der Waals surface area (Å²) in [7, 11) is 3.19. The Kier molecular flexibility index (Phi) is 4.99. The SMILES string of the molecule is COc1ccc(C2COc3cc(Cc4cnc5cc(Cl)cnn45)cc(OC)c3O2)cn1. The molecule has 31 heavy (non-hydrogen) atoms. The van der Waals surface area contributed by atoms with Crippen molar-refractivity contribution in [1.29, 1.82) is 0 Å². The van der Waals surface area contributed by atoms with Gasteiger partial charge in [0.15, 0.2) is 23.3 Å². The summed E-state index contributed by atoms with van der Waals surface area (Å²) < 4.78 is 24.7. The van der Waals surface area contributed by atoms with Gasteiger partial charge in [-0.05, 0) is 23.8 Å². The maximum absolute atomic E-state index is 6.21. The number of methoxy groups -OCH3 is 2. The van der Waals surface area contributed by atoms with Gasteiger partial charge in [-0.15, -0.1) is 0 Å². The van der Waals surface area contributed by atoms with Gasteiger partial charge in [0, 0.05) is 30.3 Å². The second-order valence-electron chi connectivity index (χ2n) is 7.05. The van der Waals surface area contributed by atoms with E-state index in [0.717, 1.165) is 16.8 Å². The number of pyridine rings is 1. The van der Waals surface area contributed by atoms with Crippen LogP contribution in [0.1, 0.15) is 22.9 Å². The Bertz CT molecular complexity index is 1230. The zero-order valence-electron chi connectivity index (χ0n) is 16.9. The molecule has 158 valence electrons. The summed E-state index contributed by atoms with van der Waals surface area (Å²) in [6, 6.07) is 9.37. The molecular weight excluding hydrogens is 420 g/mol. The summed E-state index contributed by atoms with van der Waals surface area (Å²) in [5.41, 5.74) is 3.51. The standard InChI is InChI=1S/C22H19ClN4O4/c1-28-17-6-13(5-16-11-24-20-8-15(23)10-26-27(16)20)7-18-22(17)31-19(12-30-18)14-3-4-21(29-2)25-9-14/h3-4,6-11,19H,5,12H2,1-2H3. The zero-order chi connectivity index (χ0) is 21.4. The number of halogens is 1. The molecule has 8 nitrogen and oxygen atoms in total. The number of fused-ring (bicyclic) bond motifs is 2. The third-order valence-corrected chi connectivity index (χ3v) is 5.28. The molecule has 0 amide bonds. The average Bonchev–Trinajstić information content (AvgIpc) is 3.19. The third-order valence-electron chi connectivity index (χ3n) is 5.07. The van der Waals surface area contributed by atoms with Crippen LogP contribution in [0.3, 0.4) is 0 Å². The Morgan fingerprint density at radius 3 is 2.77 bits per heavy atom. The van der Waals surface area contributed by atoms with Gasteiger partial charge in [0.05, 0.1) is 37.3 Å². The second kappa shape index (κ2) is 7.96. The largest absolute Gasteiger partial charge is 0.493 e. The summed E-state index contributed by atoms with van der Waals surface area (Å²) in [6.45, 7) is 0.364. The summed E-state index contributed by atoms with van der Waals surface area (Å²) in [4.78, 5) is 8.62. The lowest BCUT2D eigenvalue weighted by Gasteiger charge is -2.28. The number of rotatable bonds is 5. The van der Waals surface area contributed by atoms with Crippen molar-refractivity contribution in [3.8, 4) is 23.1 Å². The van der Waals surface area contributed by atoms with Gasteiger partial charge in [0.2, 0.25) is 11.6 Å². The molecule has 1 atom stereocenters. The zero-order valence-corrected chi connectivity index (χ0v) is 17.7. The van der Waals surface area contributed by atoms with E-state index < -0.39 is 0 Å². The molecule has 1 unspecified atom stereocenters. The van der Waals surface area contributed by atoms with Crippen LogP contribution in [0.4, 0.5) is 0 Å². The highest BCUT2D eigenvalue weighted by Gasteiger charge is 2.27. The molecule has 0 spiro atoms. The predicted octanol–water partition coefficient (Wildman–Crippen LogP) is 3.90. The van der Waals surface area contributed by atoms with Crippen molar-refractivity contribution in [2.24, 2.45) is 0 Å². The Hall–Kier alpha value is -3.52. The van der Waals surface area contributed by atoms with Crippen LogP contribution in [0.15, 0.2) is 48.9 Å². The first-order valence-corrected chi connectivity index (χ1v) is 10.0. The van der Waals surface area contributed by atoms with Crippen LogP contribution in [0.5, 0.6) is 23.1 Å². The summed E-state index contributed by atoms with van der Waals surface area (Å²) >= 11 is 6.01. The van der Waals surface area contributed by atoms with Gasteiger partial charge in [0.25, 0.3) is 0 Å². The van der Waals surface area contributed by atoms with Crippen molar-refractivity contribution in [2.75, 3.05) is 20.8 Å². The Morgan fingerprint density at radius 1 is 1.10 bits per heavy atom. The highest BCUT2D eigenvalue weighted by molar-refractivity contribution is 6.30. The Balaban J connectivity index is 1.42. The molecule has 0 N–H and O–H groups in total. The average molecular weight is 439 g/mol. The fourth-order valence-corrected chi connectivity index (χ4v) is 3.69. The first-order valence-electron chi connectivity index (χ1n) is 9.63. The molecule has 0 fully saturated rings. The summed E-state index contributed by atoms with van der Waals surface area (Å²) in [5, 5.41) is 4.89. The minimum atomic E-state index is -0.293. The van der Waals surface area contributed by atoms with Crippen LogP contribution in [0.2, 0.25) is 5.02 Å². The van der Waals surface area contributed by atoms with Gasteiger partial charge < -0.3 is 18.9 Å². The maximum atomic E-state index is 6.21. The molecule has 4 aromatic rings. The highest BCUT2D eigenvalue weighted by atomic mass is 35.5. The number of ether oxygens (including phenoxy) is 4. The quantitative estimate of drug-likeness (QED) is 0.467. The van der Waals surface area contributed by atoms with E-state index in [-0.39, 0.29) is 6.10 Å². The minimum absolute atomic E-state index is 0.293. The number of aromatic nitrogens is 4. The van der Waals surface area contributed by atoms with Gasteiger partial charge in [-0.2, -0.15) is 5.10 Å². The Labute approximate surface area is 183 Å². The lowest BCUT2D eigenvalue weighted by atomic mass is 10.1. The second-order valence-corrected chi connectivity index (χ2v) is 7.48. The van der Waals surface area contributed by atoms with Crippen LogP contribution in [-0.2, 0) is 6.42 Å². The lowest BCUT2D eigenvalue weighted by Crippen LogP contribution is -2.22. The van der Waals surface area contributed by atoms with Crippen molar-refractivity contribution in [3.05, 3.63) is 70.8 Å². The van der Waals surface area contributed by atoms with Gasteiger partial charge >= 0.3 is 0 Å². The molecule has 4 heterocycles. The Morgan fingerprint density at radius 2 is 2.00 bits per heavy atom. The molecule has 0 aliphatic carbocycles. The third kappa shape index (κ3) is 3.70. The van der Waals surface area contributed by atoms with E-state index in [4.69, 9.17) is 30.5 Å². The van der Waals surface area contributed by atoms with Crippen LogP contribution in [0, 0.1) is 0 Å². The number of benzene rings is 1. The highest BCUT2D eigenvalue weighted by Crippen LogP contribution is 2.44. The lowest BCUT2D eigenvalue weighted by molar-refractivity contribution is 0.0867. The molecule has 0 bridgehead atoms.